The first-order valence-electron chi connectivity index (χ1n) is 3.20. The van der Waals surface area contributed by atoms with E-state index in [9.17, 15) is 4.79 Å². The fourth-order valence-corrected chi connectivity index (χ4v) is 0.840. The van der Waals surface area contributed by atoms with Gasteiger partial charge < -0.3 is 0 Å². The number of nitrogens with two attached hydrogens (primary N) is 1. The van der Waals surface area contributed by atoms with Gasteiger partial charge in [-0.2, -0.15) is 0 Å². The lowest BCUT2D eigenvalue weighted by Crippen LogP contribution is -1.94. The molecule has 0 aromatic rings. The molecule has 0 saturated heterocycles. The largest absolute Gasteiger partial charge is 0.286 e. The maximum Gasteiger partial charge on any atom is 0.203 e. The summed E-state index contributed by atoms with van der Waals surface area (Å²) in [6.45, 7) is 2.11. The van der Waals surface area contributed by atoms with E-state index in [2.05, 4.69) is 6.92 Å². The fraction of sp³-hybridized carbons (Fsp3) is 0.833. The Morgan fingerprint density at radius 1 is 1.56 bits per heavy atom. The second kappa shape index (κ2) is 6.11. The Labute approximate surface area is 60.3 Å². The summed E-state index contributed by atoms with van der Waals surface area (Å²) in [4.78, 5) is 10.5. The molecular weight excluding hydrogens is 134 g/mol. The molecule has 2 nitrogen and oxygen atoms in total. The van der Waals surface area contributed by atoms with Crippen LogP contribution >= 0.6 is 11.9 Å². The summed E-state index contributed by atoms with van der Waals surface area (Å²) in [6.07, 6.45) is 3.91. The molecule has 0 aliphatic carbocycles. The van der Waals surface area contributed by atoms with Gasteiger partial charge in [0.1, 0.15) is 0 Å². The van der Waals surface area contributed by atoms with Gasteiger partial charge >= 0.3 is 0 Å². The Bertz CT molecular complexity index is 85.1. The van der Waals surface area contributed by atoms with Crippen LogP contribution in [0.2, 0.25) is 0 Å². The third-order valence-electron chi connectivity index (χ3n) is 1.12. The van der Waals surface area contributed by atoms with E-state index >= 15 is 0 Å². The SMILES string of the molecule is CCCCCC(=O)SN. The lowest BCUT2D eigenvalue weighted by atomic mass is 10.2. The lowest BCUT2D eigenvalue weighted by Gasteiger charge is -1.93. The van der Waals surface area contributed by atoms with Crippen molar-refractivity contribution >= 4 is 17.1 Å². The van der Waals surface area contributed by atoms with Crippen LogP contribution in [0.5, 0.6) is 0 Å². The Kier molecular flexibility index (Phi) is 6.09. The normalized spacial score (nSPS) is 9.56. The van der Waals surface area contributed by atoms with E-state index in [0.29, 0.717) is 6.42 Å². The lowest BCUT2D eigenvalue weighted by molar-refractivity contribution is -0.111. The summed E-state index contributed by atoms with van der Waals surface area (Å²) >= 11 is 0.836. The number of hydrogen-bond acceptors (Lipinski definition) is 3. The van der Waals surface area contributed by atoms with Gasteiger partial charge in [-0.15, -0.1) is 0 Å². The zero-order valence-corrected chi connectivity index (χ0v) is 6.54. The van der Waals surface area contributed by atoms with Crippen molar-refractivity contribution in [3.63, 3.8) is 0 Å². The minimum atomic E-state index is 0.100. The fourth-order valence-electron chi connectivity index (χ4n) is 0.578. The minimum Gasteiger partial charge on any atom is -0.286 e. The van der Waals surface area contributed by atoms with Gasteiger partial charge in [0.25, 0.3) is 0 Å². The third kappa shape index (κ3) is 5.86. The first-order valence-corrected chi connectivity index (χ1v) is 4.08. The highest BCUT2D eigenvalue weighted by Gasteiger charge is 1.96. The summed E-state index contributed by atoms with van der Waals surface area (Å²) in [5, 5.41) is 5.12. The number of hydrogen-bond donors (Lipinski definition) is 1. The first kappa shape index (κ1) is 8.98. The molecule has 9 heavy (non-hydrogen) atoms. The standard InChI is InChI=1S/C6H13NOS/c1-2-3-4-5-6(8)9-7/h2-5,7H2,1H3. The molecule has 0 saturated carbocycles. The topological polar surface area (TPSA) is 43.1 Å². The van der Waals surface area contributed by atoms with E-state index in [-0.39, 0.29) is 5.12 Å². The molecular formula is C6H13NOS. The highest BCUT2D eigenvalue weighted by Crippen LogP contribution is 2.03. The van der Waals surface area contributed by atoms with Crippen molar-refractivity contribution in [3.05, 3.63) is 0 Å². The zero-order valence-electron chi connectivity index (χ0n) is 5.72. The van der Waals surface area contributed by atoms with E-state index in [1.54, 1.807) is 0 Å². The molecule has 0 atom stereocenters. The summed E-state index contributed by atoms with van der Waals surface area (Å²) in [5.74, 6) is 0. The summed E-state index contributed by atoms with van der Waals surface area (Å²) in [6, 6.07) is 0. The van der Waals surface area contributed by atoms with Crippen LogP contribution in [0.3, 0.4) is 0 Å². The van der Waals surface area contributed by atoms with Crippen LogP contribution in [-0.2, 0) is 4.79 Å². The van der Waals surface area contributed by atoms with Gasteiger partial charge in [-0.05, 0) is 18.4 Å². The molecule has 0 bridgehead atoms. The molecule has 0 aliphatic rings. The van der Waals surface area contributed by atoms with Gasteiger partial charge in [-0.3, -0.25) is 9.93 Å². The van der Waals surface area contributed by atoms with E-state index in [1.165, 1.54) is 0 Å². The van der Waals surface area contributed by atoms with Crippen LogP contribution in [0, 0.1) is 0 Å². The third-order valence-corrected chi connectivity index (χ3v) is 1.58. The van der Waals surface area contributed by atoms with Crippen LogP contribution in [0.25, 0.3) is 0 Å². The van der Waals surface area contributed by atoms with Gasteiger partial charge in [0.05, 0.1) is 0 Å². The predicted octanol–water partition coefficient (Wildman–Crippen LogP) is 1.70. The molecule has 0 unspecified atom stereocenters. The quantitative estimate of drug-likeness (QED) is 0.486. The van der Waals surface area contributed by atoms with Gasteiger partial charge in [0.15, 0.2) is 0 Å². The monoisotopic (exact) mass is 147 g/mol. The van der Waals surface area contributed by atoms with Crippen molar-refractivity contribution in [1.29, 1.82) is 0 Å². The number of carbonyl (C=O) groups is 1. The second-order valence-corrected chi connectivity index (χ2v) is 2.64. The molecule has 3 heteroatoms. The number of unbranched alkanes of at least 4 members (excludes halogenated alkanes) is 2. The van der Waals surface area contributed by atoms with Crippen LogP contribution in [0.1, 0.15) is 32.6 Å². The molecule has 0 spiro atoms. The maximum absolute atomic E-state index is 10.5. The average Bonchev–Trinajstić information content (AvgIpc) is 1.89. The van der Waals surface area contributed by atoms with Crippen LogP contribution in [-0.4, -0.2) is 5.12 Å². The van der Waals surface area contributed by atoms with Gasteiger partial charge in [0.2, 0.25) is 5.12 Å². The molecule has 54 valence electrons. The number of rotatable bonds is 4. The Balaban J connectivity index is 2.97. The molecule has 0 aromatic carbocycles. The summed E-state index contributed by atoms with van der Waals surface area (Å²) < 4.78 is 0. The molecule has 0 aliphatic heterocycles. The average molecular weight is 147 g/mol. The first-order chi connectivity index (χ1) is 4.31. The van der Waals surface area contributed by atoms with Crippen LogP contribution in [0.4, 0.5) is 0 Å². The van der Waals surface area contributed by atoms with E-state index in [0.717, 1.165) is 31.2 Å². The van der Waals surface area contributed by atoms with Crippen molar-refractivity contribution < 1.29 is 4.79 Å². The predicted molar refractivity (Wildman–Crippen MR) is 40.9 cm³/mol. The molecule has 0 amide bonds. The van der Waals surface area contributed by atoms with Crippen molar-refractivity contribution in [2.24, 2.45) is 5.14 Å². The van der Waals surface area contributed by atoms with Crippen molar-refractivity contribution in [3.8, 4) is 0 Å². The Hall–Kier alpha value is -0.0200. The van der Waals surface area contributed by atoms with Gasteiger partial charge in [0, 0.05) is 6.42 Å². The number of carbonyl (C=O) groups excluding carboxylic acids is 1. The summed E-state index contributed by atoms with van der Waals surface area (Å²) in [5.41, 5.74) is 0. The molecule has 0 aromatic heterocycles. The molecule has 0 radical (unpaired) electrons. The van der Waals surface area contributed by atoms with Crippen molar-refractivity contribution in [2.75, 3.05) is 0 Å². The summed E-state index contributed by atoms with van der Waals surface area (Å²) in [7, 11) is 0. The van der Waals surface area contributed by atoms with Crippen molar-refractivity contribution in [2.45, 2.75) is 32.6 Å². The molecule has 0 rings (SSSR count). The Morgan fingerprint density at radius 2 is 2.22 bits per heavy atom. The van der Waals surface area contributed by atoms with Gasteiger partial charge in [-0.25, -0.2) is 0 Å². The second-order valence-electron chi connectivity index (χ2n) is 1.95. The van der Waals surface area contributed by atoms with Crippen molar-refractivity contribution in [1.82, 2.24) is 0 Å². The van der Waals surface area contributed by atoms with Gasteiger partial charge in [-0.1, -0.05) is 19.8 Å². The highest BCUT2D eigenvalue weighted by molar-refractivity contribution is 8.11. The molecule has 0 heterocycles. The van der Waals surface area contributed by atoms with E-state index in [1.807, 2.05) is 0 Å². The zero-order chi connectivity index (χ0) is 7.11. The highest BCUT2D eigenvalue weighted by atomic mass is 32.2. The van der Waals surface area contributed by atoms with Crippen LogP contribution in [0.15, 0.2) is 0 Å². The minimum absolute atomic E-state index is 0.100. The maximum atomic E-state index is 10.5. The molecule has 2 N–H and O–H groups in total. The van der Waals surface area contributed by atoms with Crippen LogP contribution < -0.4 is 5.14 Å². The van der Waals surface area contributed by atoms with E-state index in [4.69, 9.17) is 5.14 Å². The molecule has 0 fully saturated rings. The van der Waals surface area contributed by atoms with E-state index < -0.39 is 0 Å². The Morgan fingerprint density at radius 3 is 2.67 bits per heavy atom. The smallest absolute Gasteiger partial charge is 0.203 e.